The molecule has 0 radical (unpaired) electrons. The number of hydrogen-bond acceptors (Lipinski definition) is 5. The molecule has 3 rings (SSSR count). The normalized spacial score (nSPS) is 10.2. The van der Waals surface area contributed by atoms with Crippen molar-refractivity contribution in [2.45, 2.75) is 6.54 Å². The molecule has 0 saturated heterocycles. The van der Waals surface area contributed by atoms with Crippen LogP contribution in [0.25, 0.3) is 0 Å². The molecule has 0 atom stereocenters. The molecule has 0 aliphatic rings. The van der Waals surface area contributed by atoms with E-state index in [-0.39, 0.29) is 11.6 Å². The van der Waals surface area contributed by atoms with Crippen LogP contribution in [0.3, 0.4) is 0 Å². The molecule has 120 valence electrons. The summed E-state index contributed by atoms with van der Waals surface area (Å²) in [7, 11) is 0. The number of rotatable bonds is 5. The fraction of sp³-hybridized carbons (Fsp3) is 0.0588. The van der Waals surface area contributed by atoms with Crippen LogP contribution >= 0.6 is 11.6 Å². The molecular weight excluding hydrogens is 326 g/mol. The number of nitrogens with one attached hydrogen (secondary N) is 2. The Bertz CT molecular complexity index is 824. The van der Waals surface area contributed by atoms with Gasteiger partial charge in [-0.3, -0.25) is 9.78 Å². The first-order chi connectivity index (χ1) is 11.7. The van der Waals surface area contributed by atoms with E-state index in [9.17, 15) is 4.79 Å². The third kappa shape index (κ3) is 4.27. The first kappa shape index (κ1) is 15.9. The van der Waals surface area contributed by atoms with Crippen molar-refractivity contribution >= 4 is 29.1 Å². The summed E-state index contributed by atoms with van der Waals surface area (Å²) >= 11 is 5.83. The standard InChI is InChI=1S/C17H14ClN5O/c18-13-3-5-14(6-4-13)22-16(24)15-7-9-20-17(23-15)21-11-12-2-1-8-19-10-12/h1-10H,11H2,(H,22,24)(H,20,21,23). The van der Waals surface area contributed by atoms with Gasteiger partial charge in [0.25, 0.3) is 5.91 Å². The molecule has 7 heteroatoms. The van der Waals surface area contributed by atoms with Crippen molar-refractivity contribution < 1.29 is 4.79 Å². The Kier molecular flexibility index (Phi) is 4.98. The van der Waals surface area contributed by atoms with Crippen LogP contribution in [-0.4, -0.2) is 20.9 Å². The van der Waals surface area contributed by atoms with Crippen LogP contribution in [0.4, 0.5) is 11.6 Å². The predicted molar refractivity (Wildman–Crippen MR) is 93.0 cm³/mol. The largest absolute Gasteiger partial charge is 0.350 e. The second-order valence-electron chi connectivity index (χ2n) is 4.94. The summed E-state index contributed by atoms with van der Waals surface area (Å²) in [6.07, 6.45) is 5.00. The topological polar surface area (TPSA) is 79.8 Å². The predicted octanol–water partition coefficient (Wildman–Crippen LogP) is 3.39. The molecule has 3 aromatic rings. The zero-order valence-electron chi connectivity index (χ0n) is 12.6. The van der Waals surface area contributed by atoms with Gasteiger partial charge in [-0.2, -0.15) is 0 Å². The Morgan fingerprint density at radius 3 is 2.67 bits per heavy atom. The average molecular weight is 340 g/mol. The van der Waals surface area contributed by atoms with Gasteiger partial charge in [0, 0.05) is 35.8 Å². The van der Waals surface area contributed by atoms with Gasteiger partial charge >= 0.3 is 0 Å². The number of benzene rings is 1. The van der Waals surface area contributed by atoms with Crippen LogP contribution in [0.1, 0.15) is 16.1 Å². The van der Waals surface area contributed by atoms with Gasteiger partial charge in [0.2, 0.25) is 5.95 Å². The summed E-state index contributed by atoms with van der Waals surface area (Å²) in [6, 6.07) is 12.2. The Morgan fingerprint density at radius 1 is 1.08 bits per heavy atom. The quantitative estimate of drug-likeness (QED) is 0.744. The zero-order valence-corrected chi connectivity index (χ0v) is 13.4. The van der Waals surface area contributed by atoms with Crippen LogP contribution in [0, 0.1) is 0 Å². The van der Waals surface area contributed by atoms with Gasteiger partial charge < -0.3 is 10.6 Å². The lowest BCUT2D eigenvalue weighted by Crippen LogP contribution is -2.15. The summed E-state index contributed by atoms with van der Waals surface area (Å²) in [6.45, 7) is 0.524. The van der Waals surface area contributed by atoms with Crippen molar-refractivity contribution in [3.8, 4) is 0 Å². The molecule has 2 heterocycles. The van der Waals surface area contributed by atoms with Crippen molar-refractivity contribution in [2.75, 3.05) is 10.6 Å². The number of hydrogen-bond donors (Lipinski definition) is 2. The molecule has 0 bridgehead atoms. The molecule has 0 aliphatic carbocycles. The van der Waals surface area contributed by atoms with Gasteiger partial charge in [-0.15, -0.1) is 0 Å². The lowest BCUT2D eigenvalue weighted by molar-refractivity contribution is 0.102. The second kappa shape index (κ2) is 7.52. The van der Waals surface area contributed by atoms with Crippen molar-refractivity contribution in [1.82, 2.24) is 15.0 Å². The van der Waals surface area contributed by atoms with Crippen molar-refractivity contribution in [3.05, 3.63) is 77.3 Å². The number of carbonyl (C=O) groups excluding carboxylic acids is 1. The number of anilines is 2. The van der Waals surface area contributed by atoms with Gasteiger partial charge in [-0.1, -0.05) is 17.7 Å². The van der Waals surface area contributed by atoms with E-state index in [0.29, 0.717) is 23.2 Å². The average Bonchev–Trinajstić information content (AvgIpc) is 2.63. The molecule has 0 aliphatic heterocycles. The van der Waals surface area contributed by atoms with E-state index in [2.05, 4.69) is 25.6 Å². The van der Waals surface area contributed by atoms with Crippen LogP contribution in [0.15, 0.2) is 61.1 Å². The molecule has 1 aromatic carbocycles. The minimum absolute atomic E-state index is 0.272. The van der Waals surface area contributed by atoms with E-state index in [4.69, 9.17) is 11.6 Å². The molecule has 24 heavy (non-hydrogen) atoms. The Labute approximate surface area is 143 Å². The fourth-order valence-electron chi connectivity index (χ4n) is 1.98. The maximum Gasteiger partial charge on any atom is 0.274 e. The van der Waals surface area contributed by atoms with Crippen molar-refractivity contribution in [2.24, 2.45) is 0 Å². The van der Waals surface area contributed by atoms with Gasteiger partial charge in [0.05, 0.1) is 0 Å². The summed E-state index contributed by atoms with van der Waals surface area (Å²) in [4.78, 5) is 24.6. The first-order valence-corrected chi connectivity index (χ1v) is 7.61. The van der Waals surface area contributed by atoms with E-state index in [1.165, 1.54) is 6.20 Å². The van der Waals surface area contributed by atoms with E-state index in [0.717, 1.165) is 5.56 Å². The van der Waals surface area contributed by atoms with Crippen LogP contribution < -0.4 is 10.6 Å². The van der Waals surface area contributed by atoms with E-state index < -0.39 is 0 Å². The van der Waals surface area contributed by atoms with Gasteiger partial charge in [0.15, 0.2) is 0 Å². The van der Waals surface area contributed by atoms with Gasteiger partial charge in [-0.25, -0.2) is 9.97 Å². The number of amides is 1. The number of halogens is 1. The van der Waals surface area contributed by atoms with Crippen LogP contribution in [0.5, 0.6) is 0 Å². The molecule has 6 nitrogen and oxygen atoms in total. The maximum atomic E-state index is 12.3. The van der Waals surface area contributed by atoms with Gasteiger partial charge in [0.1, 0.15) is 5.69 Å². The Hall–Kier alpha value is -2.99. The molecule has 0 fully saturated rings. The molecule has 0 saturated carbocycles. The zero-order chi connectivity index (χ0) is 16.8. The fourth-order valence-corrected chi connectivity index (χ4v) is 2.11. The SMILES string of the molecule is O=C(Nc1ccc(Cl)cc1)c1ccnc(NCc2cccnc2)n1. The minimum atomic E-state index is -0.316. The van der Waals surface area contributed by atoms with Crippen molar-refractivity contribution in [3.63, 3.8) is 0 Å². The first-order valence-electron chi connectivity index (χ1n) is 7.23. The number of pyridine rings is 1. The minimum Gasteiger partial charge on any atom is -0.350 e. The molecule has 1 amide bonds. The second-order valence-corrected chi connectivity index (χ2v) is 5.38. The molecule has 0 unspecified atom stereocenters. The number of aromatic nitrogens is 3. The number of carbonyl (C=O) groups is 1. The summed E-state index contributed by atoms with van der Waals surface area (Å²) in [5.74, 6) is 0.0618. The third-order valence-corrected chi connectivity index (χ3v) is 3.42. The smallest absolute Gasteiger partial charge is 0.274 e. The third-order valence-electron chi connectivity index (χ3n) is 3.16. The lowest BCUT2D eigenvalue weighted by atomic mass is 10.3. The highest BCUT2D eigenvalue weighted by Gasteiger charge is 2.09. The summed E-state index contributed by atoms with van der Waals surface area (Å²) in [5.41, 5.74) is 1.92. The van der Waals surface area contributed by atoms with E-state index in [1.54, 1.807) is 42.7 Å². The van der Waals surface area contributed by atoms with E-state index >= 15 is 0 Å². The Balaban J connectivity index is 1.65. The summed E-state index contributed by atoms with van der Waals surface area (Å²) < 4.78 is 0. The number of nitrogens with zero attached hydrogens (tertiary/aromatic N) is 3. The monoisotopic (exact) mass is 339 g/mol. The maximum absolute atomic E-state index is 12.3. The molecular formula is C17H14ClN5O. The van der Waals surface area contributed by atoms with E-state index in [1.807, 2.05) is 12.1 Å². The molecule has 2 N–H and O–H groups in total. The highest BCUT2D eigenvalue weighted by molar-refractivity contribution is 6.30. The Morgan fingerprint density at radius 2 is 1.92 bits per heavy atom. The lowest BCUT2D eigenvalue weighted by Gasteiger charge is -2.07. The molecule has 0 spiro atoms. The molecule has 2 aromatic heterocycles. The van der Waals surface area contributed by atoms with Crippen LogP contribution in [-0.2, 0) is 6.54 Å². The summed E-state index contributed by atoms with van der Waals surface area (Å²) in [5, 5.41) is 6.44. The highest BCUT2D eigenvalue weighted by atomic mass is 35.5. The van der Waals surface area contributed by atoms with Crippen molar-refractivity contribution in [1.29, 1.82) is 0 Å². The van der Waals surface area contributed by atoms with Crippen LogP contribution in [0.2, 0.25) is 5.02 Å². The highest BCUT2D eigenvalue weighted by Crippen LogP contribution is 2.14. The van der Waals surface area contributed by atoms with Gasteiger partial charge in [-0.05, 0) is 42.0 Å².